The summed E-state index contributed by atoms with van der Waals surface area (Å²) in [6, 6.07) is 18.6. The SMILES string of the molecule is CCOc1cc(C(c2cc(C)cs2)N2CCC(C(=O)O)CC2)ccc1OCc1ccccc1. The fourth-order valence-corrected chi connectivity index (χ4v) is 5.43. The fourth-order valence-electron chi connectivity index (χ4n) is 4.37. The Hall–Kier alpha value is -2.83. The largest absolute Gasteiger partial charge is 0.490 e. The fraction of sp³-hybridized carbons (Fsp3) is 0.370. The molecule has 1 aliphatic rings. The van der Waals surface area contributed by atoms with Crippen molar-refractivity contribution >= 4 is 17.3 Å². The van der Waals surface area contributed by atoms with Gasteiger partial charge in [-0.2, -0.15) is 0 Å². The average Bonchev–Trinajstić information content (AvgIpc) is 3.25. The van der Waals surface area contributed by atoms with Crippen LogP contribution in [-0.2, 0) is 11.4 Å². The molecule has 1 aliphatic heterocycles. The van der Waals surface area contributed by atoms with Crippen LogP contribution >= 0.6 is 11.3 Å². The van der Waals surface area contributed by atoms with E-state index in [1.165, 1.54) is 10.4 Å². The Labute approximate surface area is 199 Å². The topological polar surface area (TPSA) is 59.0 Å². The van der Waals surface area contributed by atoms with Gasteiger partial charge in [0.2, 0.25) is 0 Å². The maximum atomic E-state index is 11.4. The van der Waals surface area contributed by atoms with Gasteiger partial charge < -0.3 is 14.6 Å². The van der Waals surface area contributed by atoms with Gasteiger partial charge in [-0.1, -0.05) is 36.4 Å². The molecule has 0 radical (unpaired) electrons. The second-order valence-electron chi connectivity index (χ2n) is 8.49. The van der Waals surface area contributed by atoms with Crippen molar-refractivity contribution < 1.29 is 19.4 Å². The molecule has 1 aromatic heterocycles. The molecule has 4 rings (SSSR count). The third kappa shape index (κ3) is 5.75. The van der Waals surface area contributed by atoms with E-state index in [1.807, 2.05) is 43.3 Å². The van der Waals surface area contributed by atoms with Gasteiger partial charge in [-0.25, -0.2) is 0 Å². The normalized spacial score (nSPS) is 15.8. The standard InChI is InChI=1S/C27H31NO4S/c1-3-31-24-16-22(9-10-23(24)32-17-20-7-5-4-6-8-20)26(25-15-19(2)18-33-25)28-13-11-21(12-14-28)27(29)30/h4-10,15-16,18,21,26H,3,11-14,17H2,1-2H3,(H,29,30). The number of aryl methyl sites for hydroxylation is 1. The Morgan fingerprint density at radius 1 is 1.09 bits per heavy atom. The molecule has 33 heavy (non-hydrogen) atoms. The monoisotopic (exact) mass is 465 g/mol. The number of likely N-dealkylation sites (tertiary alicyclic amines) is 1. The maximum absolute atomic E-state index is 11.4. The van der Waals surface area contributed by atoms with Gasteiger partial charge in [0.15, 0.2) is 11.5 Å². The summed E-state index contributed by atoms with van der Waals surface area (Å²) in [5, 5.41) is 11.6. The third-order valence-corrected chi connectivity index (χ3v) is 7.19. The van der Waals surface area contributed by atoms with Crippen LogP contribution in [0.1, 0.15) is 47.4 Å². The lowest BCUT2D eigenvalue weighted by Gasteiger charge is -2.36. The summed E-state index contributed by atoms with van der Waals surface area (Å²) in [5.74, 6) is 0.538. The van der Waals surface area contributed by atoms with Crippen molar-refractivity contribution in [1.82, 2.24) is 4.90 Å². The number of ether oxygens (including phenoxy) is 2. The van der Waals surface area contributed by atoms with E-state index in [9.17, 15) is 9.90 Å². The number of nitrogens with zero attached hydrogens (tertiary/aromatic N) is 1. The first-order valence-electron chi connectivity index (χ1n) is 11.5. The second kappa shape index (κ2) is 10.9. The van der Waals surface area contributed by atoms with Gasteiger partial charge in [0.05, 0.1) is 18.6 Å². The van der Waals surface area contributed by atoms with Crippen LogP contribution in [0.15, 0.2) is 60.0 Å². The van der Waals surface area contributed by atoms with Gasteiger partial charge in [-0.3, -0.25) is 9.69 Å². The van der Waals surface area contributed by atoms with E-state index in [-0.39, 0.29) is 12.0 Å². The first kappa shape index (κ1) is 23.3. The summed E-state index contributed by atoms with van der Waals surface area (Å²) in [7, 11) is 0. The average molecular weight is 466 g/mol. The quantitative estimate of drug-likeness (QED) is 0.425. The van der Waals surface area contributed by atoms with E-state index in [0.717, 1.165) is 35.7 Å². The Bertz CT molecular complexity index is 1060. The van der Waals surface area contributed by atoms with Gasteiger partial charge in [-0.05, 0) is 80.0 Å². The number of thiophene rings is 1. The van der Waals surface area contributed by atoms with Gasteiger partial charge >= 0.3 is 5.97 Å². The third-order valence-electron chi connectivity index (χ3n) is 6.08. The molecule has 2 aromatic carbocycles. The van der Waals surface area contributed by atoms with Gasteiger partial charge in [0, 0.05) is 4.88 Å². The summed E-state index contributed by atoms with van der Waals surface area (Å²) in [6.45, 7) is 6.64. The molecule has 6 heteroatoms. The summed E-state index contributed by atoms with van der Waals surface area (Å²) in [6.07, 6.45) is 1.35. The van der Waals surface area contributed by atoms with Crippen LogP contribution in [0.25, 0.3) is 0 Å². The minimum atomic E-state index is -0.684. The summed E-state index contributed by atoms with van der Waals surface area (Å²) in [5.41, 5.74) is 3.49. The maximum Gasteiger partial charge on any atom is 0.306 e. The molecule has 1 saturated heterocycles. The van der Waals surface area contributed by atoms with Crippen molar-refractivity contribution in [3.05, 3.63) is 81.5 Å². The molecule has 0 aliphatic carbocycles. The highest BCUT2D eigenvalue weighted by molar-refractivity contribution is 7.10. The minimum absolute atomic E-state index is 0.0702. The lowest BCUT2D eigenvalue weighted by molar-refractivity contribution is -0.143. The Morgan fingerprint density at radius 2 is 1.85 bits per heavy atom. The minimum Gasteiger partial charge on any atom is -0.490 e. The van der Waals surface area contributed by atoms with E-state index in [0.29, 0.717) is 26.1 Å². The van der Waals surface area contributed by atoms with Crippen molar-refractivity contribution in [3.8, 4) is 11.5 Å². The van der Waals surface area contributed by atoms with Crippen molar-refractivity contribution in [2.45, 2.75) is 39.3 Å². The first-order chi connectivity index (χ1) is 16.0. The molecule has 1 N–H and O–H groups in total. The number of hydrogen-bond acceptors (Lipinski definition) is 5. The van der Waals surface area contributed by atoms with Gasteiger partial charge in [0.1, 0.15) is 6.61 Å². The molecule has 0 amide bonds. The Kier molecular flexibility index (Phi) is 7.68. The van der Waals surface area contributed by atoms with Crippen molar-refractivity contribution in [2.75, 3.05) is 19.7 Å². The number of carboxylic acids is 1. The Morgan fingerprint density at radius 3 is 2.48 bits per heavy atom. The van der Waals surface area contributed by atoms with Crippen LogP contribution in [0.2, 0.25) is 0 Å². The second-order valence-corrected chi connectivity index (χ2v) is 9.43. The highest BCUT2D eigenvalue weighted by atomic mass is 32.1. The molecule has 0 bridgehead atoms. The van der Waals surface area contributed by atoms with E-state index >= 15 is 0 Å². The molecular formula is C27H31NO4S. The molecule has 1 unspecified atom stereocenters. The molecule has 0 saturated carbocycles. The molecule has 1 fully saturated rings. The van der Waals surface area contributed by atoms with Crippen LogP contribution in [0.3, 0.4) is 0 Å². The number of hydrogen-bond donors (Lipinski definition) is 1. The zero-order chi connectivity index (χ0) is 23.2. The first-order valence-corrected chi connectivity index (χ1v) is 12.4. The number of aliphatic carboxylic acids is 1. The highest BCUT2D eigenvalue weighted by Gasteiger charge is 2.31. The van der Waals surface area contributed by atoms with Crippen molar-refractivity contribution in [2.24, 2.45) is 5.92 Å². The predicted octanol–water partition coefficient (Wildman–Crippen LogP) is 5.92. The summed E-state index contributed by atoms with van der Waals surface area (Å²) >= 11 is 1.75. The summed E-state index contributed by atoms with van der Waals surface area (Å²) in [4.78, 5) is 15.1. The van der Waals surface area contributed by atoms with Crippen LogP contribution in [0.4, 0.5) is 0 Å². The number of piperidine rings is 1. The summed E-state index contributed by atoms with van der Waals surface area (Å²) < 4.78 is 12.1. The highest BCUT2D eigenvalue weighted by Crippen LogP contribution is 2.39. The van der Waals surface area contributed by atoms with Crippen LogP contribution in [0.5, 0.6) is 11.5 Å². The van der Waals surface area contributed by atoms with E-state index in [4.69, 9.17) is 9.47 Å². The molecule has 2 heterocycles. The molecule has 3 aromatic rings. The predicted molar refractivity (Wildman–Crippen MR) is 131 cm³/mol. The van der Waals surface area contributed by atoms with E-state index < -0.39 is 5.97 Å². The zero-order valence-electron chi connectivity index (χ0n) is 19.2. The number of carbonyl (C=O) groups is 1. The molecule has 0 spiro atoms. The van der Waals surface area contributed by atoms with Crippen LogP contribution < -0.4 is 9.47 Å². The van der Waals surface area contributed by atoms with Crippen LogP contribution in [-0.4, -0.2) is 35.7 Å². The molecule has 1 atom stereocenters. The lowest BCUT2D eigenvalue weighted by atomic mass is 9.93. The van der Waals surface area contributed by atoms with Crippen molar-refractivity contribution in [1.29, 1.82) is 0 Å². The number of carboxylic acid groups (broad SMARTS) is 1. The van der Waals surface area contributed by atoms with Gasteiger partial charge in [-0.15, -0.1) is 11.3 Å². The molecule has 174 valence electrons. The van der Waals surface area contributed by atoms with Crippen LogP contribution in [0, 0.1) is 12.8 Å². The molecule has 5 nitrogen and oxygen atoms in total. The van der Waals surface area contributed by atoms with E-state index in [2.05, 4.69) is 35.4 Å². The van der Waals surface area contributed by atoms with Crippen molar-refractivity contribution in [3.63, 3.8) is 0 Å². The smallest absolute Gasteiger partial charge is 0.306 e. The van der Waals surface area contributed by atoms with Gasteiger partial charge in [0.25, 0.3) is 0 Å². The number of benzene rings is 2. The lowest BCUT2D eigenvalue weighted by Crippen LogP contribution is -2.39. The zero-order valence-corrected chi connectivity index (χ0v) is 20.0. The Balaban J connectivity index is 1.60. The molecular weight excluding hydrogens is 434 g/mol. The number of rotatable bonds is 9. The van der Waals surface area contributed by atoms with E-state index in [1.54, 1.807) is 11.3 Å².